The van der Waals surface area contributed by atoms with Gasteiger partial charge in [0.15, 0.2) is 0 Å². The zero-order valence-corrected chi connectivity index (χ0v) is 17.0. The average molecular weight is 357 g/mol. The zero-order valence-electron chi connectivity index (χ0n) is 15.4. The first-order valence-electron chi connectivity index (χ1n) is 8.19. The highest BCUT2D eigenvalue weighted by atomic mass is 79.9. The lowest BCUT2D eigenvalue weighted by molar-refractivity contribution is -0.921. The van der Waals surface area contributed by atoms with E-state index >= 15 is 0 Å². The summed E-state index contributed by atoms with van der Waals surface area (Å²) in [4.78, 5) is 0. The summed E-state index contributed by atoms with van der Waals surface area (Å²) in [5, 5.41) is 0. The lowest BCUT2D eigenvalue weighted by Crippen LogP contribution is -3.00. The third kappa shape index (κ3) is 9.32. The Kier molecular flexibility index (Phi) is 22.4. The highest BCUT2D eigenvalue weighted by Gasteiger charge is 2.16. The smallest absolute Gasteiger partial charge is 0.0757 e. The summed E-state index contributed by atoms with van der Waals surface area (Å²) in [5.74, 6) is 0. The minimum absolute atomic E-state index is 0. The summed E-state index contributed by atoms with van der Waals surface area (Å²) in [5.41, 5.74) is 0. The first-order valence-corrected chi connectivity index (χ1v) is 8.19. The van der Waals surface area contributed by atoms with Crippen molar-refractivity contribution < 1.29 is 31.4 Å². The molecular weight excluding hydrogens is 316 g/mol. The molecule has 0 aromatic heterocycles. The lowest BCUT2D eigenvalue weighted by atomic mass is 10.3. The highest BCUT2D eigenvalue weighted by Crippen LogP contribution is 2.03. The largest absolute Gasteiger partial charge is 1.00 e. The van der Waals surface area contributed by atoms with Gasteiger partial charge >= 0.3 is 0 Å². The molecule has 1 N–H and O–H groups in total. The van der Waals surface area contributed by atoms with Gasteiger partial charge < -0.3 is 31.4 Å². The molecule has 0 atom stereocenters. The summed E-state index contributed by atoms with van der Waals surface area (Å²) in [7, 11) is 0. The molecule has 0 aliphatic rings. The Hall–Kier alpha value is 0.360. The van der Waals surface area contributed by atoms with Crippen molar-refractivity contribution in [2.45, 2.75) is 55.4 Å². The summed E-state index contributed by atoms with van der Waals surface area (Å²) < 4.78 is 2.56. The quantitative estimate of drug-likeness (QED) is 0.585. The summed E-state index contributed by atoms with van der Waals surface area (Å²) in [6.07, 6.45) is 0. The summed E-state index contributed by atoms with van der Waals surface area (Å²) in [6, 6.07) is 0. The molecule has 4 heteroatoms. The van der Waals surface area contributed by atoms with Gasteiger partial charge in [-0.1, -0.05) is 0 Å². The molecule has 0 rings (SSSR count). The van der Waals surface area contributed by atoms with Gasteiger partial charge in [-0.15, -0.1) is 0 Å². The lowest BCUT2D eigenvalue weighted by Gasteiger charge is -2.34. The van der Waals surface area contributed by atoms with Crippen LogP contribution in [0.5, 0.6) is 0 Å². The maximum absolute atomic E-state index is 2.27. The number of nitrogens with zero attached hydrogens (tertiary/aromatic N) is 2. The van der Waals surface area contributed by atoms with Crippen molar-refractivity contribution in [3.05, 3.63) is 0 Å². The molecule has 128 valence electrons. The van der Waals surface area contributed by atoms with Crippen LogP contribution in [0.1, 0.15) is 55.4 Å². The van der Waals surface area contributed by atoms with E-state index in [4.69, 9.17) is 0 Å². The second-order valence-electron chi connectivity index (χ2n) is 5.21. The van der Waals surface area contributed by atoms with Gasteiger partial charge in [0.2, 0.25) is 0 Å². The molecular formula is C16H41BrN2O. The van der Waals surface area contributed by atoms with Crippen molar-refractivity contribution in [1.82, 2.24) is 0 Å². The Balaban J connectivity index is -0.000000116. The fraction of sp³-hybridized carbons (Fsp3) is 1.00. The molecule has 0 spiro atoms. The van der Waals surface area contributed by atoms with Crippen LogP contribution in [0.2, 0.25) is 0 Å². The molecule has 0 amide bonds. The number of quaternary nitrogens is 2. The molecule has 0 bridgehead atoms. The Labute approximate surface area is 139 Å². The van der Waals surface area contributed by atoms with E-state index in [-0.39, 0.29) is 22.5 Å². The van der Waals surface area contributed by atoms with E-state index in [1.54, 1.807) is 0 Å². The van der Waals surface area contributed by atoms with Crippen molar-refractivity contribution in [3.8, 4) is 0 Å². The van der Waals surface area contributed by atoms with Gasteiger partial charge in [0.25, 0.3) is 0 Å². The van der Waals surface area contributed by atoms with E-state index in [2.05, 4.69) is 55.4 Å². The fourth-order valence-corrected chi connectivity index (χ4v) is 2.68. The molecule has 0 aliphatic heterocycles. The van der Waals surface area contributed by atoms with Gasteiger partial charge in [0, 0.05) is 0 Å². The van der Waals surface area contributed by atoms with Crippen LogP contribution >= 0.6 is 0 Å². The Morgan fingerprint density at radius 2 is 0.500 bits per heavy atom. The van der Waals surface area contributed by atoms with Crippen molar-refractivity contribution in [2.75, 3.05) is 52.4 Å². The highest BCUT2D eigenvalue weighted by molar-refractivity contribution is 4.31. The molecule has 0 heterocycles. The van der Waals surface area contributed by atoms with E-state index in [1.165, 1.54) is 61.3 Å². The number of halogens is 1. The standard InChI is InChI=1S/2C8H20N.BrH.H2O/c2*1-5-9(6-2,7-3)8-4;;/h2*5-8H2,1-4H3;1H;1H2/q2*+1;;/p-2. The normalized spacial score (nSPS) is 10.8. The molecule has 3 nitrogen and oxygen atoms in total. The molecule has 0 unspecified atom stereocenters. The number of hydrogen-bond donors (Lipinski definition) is 0. The Morgan fingerprint density at radius 3 is 0.500 bits per heavy atom. The molecule has 0 fully saturated rings. The molecule has 0 aliphatic carbocycles. The number of hydrogen-bond acceptors (Lipinski definition) is 1. The van der Waals surface area contributed by atoms with Crippen LogP contribution in [0, 0.1) is 0 Å². The van der Waals surface area contributed by atoms with E-state index in [1.807, 2.05) is 0 Å². The minimum Gasteiger partial charge on any atom is -1.00 e. The Morgan fingerprint density at radius 1 is 0.400 bits per heavy atom. The van der Waals surface area contributed by atoms with Gasteiger partial charge in [0.1, 0.15) is 0 Å². The van der Waals surface area contributed by atoms with Gasteiger partial charge in [-0.2, -0.15) is 0 Å². The van der Waals surface area contributed by atoms with Gasteiger partial charge in [-0.25, -0.2) is 0 Å². The predicted octanol–water partition coefficient (Wildman–Crippen LogP) is 0.593. The Bertz CT molecular complexity index is 126. The first kappa shape index (κ1) is 28.5. The predicted molar refractivity (Wildman–Crippen MR) is 86.8 cm³/mol. The van der Waals surface area contributed by atoms with Crippen LogP contribution in [0.4, 0.5) is 0 Å². The average Bonchev–Trinajstić information content (AvgIpc) is 2.46. The van der Waals surface area contributed by atoms with Crippen LogP contribution in [0.15, 0.2) is 0 Å². The molecule has 0 saturated carbocycles. The van der Waals surface area contributed by atoms with E-state index in [0.717, 1.165) is 0 Å². The monoisotopic (exact) mass is 356 g/mol. The van der Waals surface area contributed by atoms with Crippen molar-refractivity contribution in [3.63, 3.8) is 0 Å². The fourth-order valence-electron chi connectivity index (χ4n) is 2.68. The van der Waals surface area contributed by atoms with Crippen molar-refractivity contribution in [1.29, 1.82) is 0 Å². The molecule has 0 aromatic rings. The SMILES string of the molecule is CC[N+](CC)(CC)CC.CC[N+](CC)(CC)CC.[Br-].[OH-]. The zero-order chi connectivity index (χ0) is 14.7. The molecule has 20 heavy (non-hydrogen) atoms. The van der Waals surface area contributed by atoms with E-state index in [0.29, 0.717) is 0 Å². The minimum atomic E-state index is 0. The van der Waals surface area contributed by atoms with Crippen LogP contribution in [0.25, 0.3) is 0 Å². The first-order chi connectivity index (χ1) is 8.49. The second kappa shape index (κ2) is 15.7. The van der Waals surface area contributed by atoms with Crippen molar-refractivity contribution >= 4 is 0 Å². The second-order valence-corrected chi connectivity index (χ2v) is 5.21. The molecule has 0 radical (unpaired) electrons. The van der Waals surface area contributed by atoms with Crippen molar-refractivity contribution in [2.24, 2.45) is 0 Å². The van der Waals surface area contributed by atoms with Gasteiger partial charge in [-0.05, 0) is 55.4 Å². The summed E-state index contributed by atoms with van der Waals surface area (Å²) >= 11 is 0. The maximum atomic E-state index is 2.27. The molecule has 0 aromatic carbocycles. The van der Waals surface area contributed by atoms with Crippen LogP contribution in [0.3, 0.4) is 0 Å². The third-order valence-electron chi connectivity index (χ3n) is 5.37. The van der Waals surface area contributed by atoms with Crippen LogP contribution in [-0.2, 0) is 0 Å². The third-order valence-corrected chi connectivity index (χ3v) is 5.37. The van der Waals surface area contributed by atoms with E-state index in [9.17, 15) is 0 Å². The maximum Gasteiger partial charge on any atom is 0.0757 e. The van der Waals surface area contributed by atoms with Crippen LogP contribution in [-0.4, -0.2) is 66.8 Å². The van der Waals surface area contributed by atoms with Crippen LogP contribution < -0.4 is 17.0 Å². The summed E-state index contributed by atoms with van der Waals surface area (Å²) in [6.45, 7) is 28.4. The van der Waals surface area contributed by atoms with Gasteiger partial charge in [0.05, 0.1) is 52.4 Å². The number of rotatable bonds is 8. The molecule has 0 saturated heterocycles. The van der Waals surface area contributed by atoms with E-state index < -0.39 is 0 Å². The van der Waals surface area contributed by atoms with Gasteiger partial charge in [-0.3, -0.25) is 0 Å². The topological polar surface area (TPSA) is 30.0 Å².